The van der Waals surface area contributed by atoms with E-state index in [-0.39, 0.29) is 5.91 Å². The van der Waals surface area contributed by atoms with E-state index < -0.39 is 0 Å². The molecule has 0 spiro atoms. The Morgan fingerprint density at radius 2 is 1.78 bits per heavy atom. The molecule has 2 aliphatic heterocycles. The van der Waals surface area contributed by atoms with Gasteiger partial charge in [-0.2, -0.15) is 0 Å². The monoisotopic (exact) mass is 439 g/mol. The predicted molar refractivity (Wildman–Crippen MR) is 121 cm³/mol. The van der Waals surface area contributed by atoms with Gasteiger partial charge < -0.3 is 18.9 Å². The SMILES string of the molecule is COc1cc(OC)c2c(n1)CC(c1cc(C)c(OCCN3CCOCC3)c(C)c1)=NC2=O. The Morgan fingerprint density at radius 1 is 1.06 bits per heavy atom. The van der Waals surface area contributed by atoms with Gasteiger partial charge in [0, 0.05) is 32.1 Å². The molecular weight excluding hydrogens is 410 g/mol. The lowest BCUT2D eigenvalue weighted by Crippen LogP contribution is -2.38. The molecular formula is C24H29N3O5. The number of morpholine rings is 1. The van der Waals surface area contributed by atoms with Crippen LogP contribution in [0.1, 0.15) is 32.7 Å². The molecule has 2 aromatic rings. The van der Waals surface area contributed by atoms with Crippen molar-refractivity contribution >= 4 is 11.6 Å². The molecule has 1 fully saturated rings. The van der Waals surface area contributed by atoms with E-state index >= 15 is 0 Å². The van der Waals surface area contributed by atoms with E-state index in [0.717, 1.165) is 55.3 Å². The fourth-order valence-electron chi connectivity index (χ4n) is 4.16. The normalized spacial score (nSPS) is 16.4. The summed E-state index contributed by atoms with van der Waals surface area (Å²) in [5, 5.41) is 0. The van der Waals surface area contributed by atoms with Gasteiger partial charge in [-0.05, 0) is 42.7 Å². The molecule has 1 aromatic heterocycles. The smallest absolute Gasteiger partial charge is 0.282 e. The zero-order chi connectivity index (χ0) is 22.7. The number of amides is 1. The highest BCUT2D eigenvalue weighted by atomic mass is 16.5. The maximum Gasteiger partial charge on any atom is 0.282 e. The van der Waals surface area contributed by atoms with Crippen molar-refractivity contribution in [3.05, 3.63) is 46.1 Å². The van der Waals surface area contributed by atoms with Gasteiger partial charge in [-0.25, -0.2) is 9.98 Å². The van der Waals surface area contributed by atoms with E-state index in [1.54, 1.807) is 13.2 Å². The number of aryl methyl sites for hydroxylation is 2. The van der Waals surface area contributed by atoms with Crippen molar-refractivity contribution in [2.75, 3.05) is 53.7 Å². The van der Waals surface area contributed by atoms with Crippen LogP contribution in [0.4, 0.5) is 0 Å². The third-order valence-corrected chi connectivity index (χ3v) is 5.80. The van der Waals surface area contributed by atoms with E-state index in [9.17, 15) is 4.79 Å². The van der Waals surface area contributed by atoms with Crippen LogP contribution in [-0.2, 0) is 11.2 Å². The van der Waals surface area contributed by atoms with Crippen molar-refractivity contribution in [3.63, 3.8) is 0 Å². The fraction of sp³-hybridized carbons (Fsp3) is 0.458. The van der Waals surface area contributed by atoms with Gasteiger partial charge in [-0.3, -0.25) is 9.69 Å². The Balaban J connectivity index is 1.53. The van der Waals surface area contributed by atoms with Gasteiger partial charge in [0.15, 0.2) is 0 Å². The molecule has 0 N–H and O–H groups in total. The van der Waals surface area contributed by atoms with E-state index in [4.69, 9.17) is 18.9 Å². The molecule has 0 atom stereocenters. The Labute approximate surface area is 188 Å². The number of ether oxygens (including phenoxy) is 4. The van der Waals surface area contributed by atoms with Gasteiger partial charge in [0.05, 0.1) is 38.8 Å². The van der Waals surface area contributed by atoms with Gasteiger partial charge >= 0.3 is 0 Å². The summed E-state index contributed by atoms with van der Waals surface area (Å²) < 4.78 is 22.1. The van der Waals surface area contributed by atoms with Crippen LogP contribution in [-0.4, -0.2) is 75.2 Å². The van der Waals surface area contributed by atoms with E-state index in [1.807, 2.05) is 26.0 Å². The minimum Gasteiger partial charge on any atom is -0.496 e. The maximum atomic E-state index is 12.8. The number of aromatic nitrogens is 1. The molecule has 1 aromatic carbocycles. The number of hydrogen-bond donors (Lipinski definition) is 0. The molecule has 8 nitrogen and oxygen atoms in total. The average molecular weight is 440 g/mol. The Hall–Kier alpha value is -2.97. The summed E-state index contributed by atoms with van der Waals surface area (Å²) in [7, 11) is 3.06. The first-order valence-electron chi connectivity index (χ1n) is 10.8. The van der Waals surface area contributed by atoms with Crippen molar-refractivity contribution in [2.45, 2.75) is 20.3 Å². The van der Waals surface area contributed by atoms with Crippen LogP contribution in [0, 0.1) is 13.8 Å². The van der Waals surface area contributed by atoms with Crippen LogP contribution in [0.25, 0.3) is 0 Å². The number of pyridine rings is 1. The van der Waals surface area contributed by atoms with Crippen LogP contribution >= 0.6 is 0 Å². The first kappa shape index (κ1) is 22.2. The molecule has 4 rings (SSSR count). The zero-order valence-electron chi connectivity index (χ0n) is 19.1. The molecule has 32 heavy (non-hydrogen) atoms. The minimum absolute atomic E-state index is 0.352. The van der Waals surface area contributed by atoms with Gasteiger partial charge in [0.2, 0.25) is 5.88 Å². The van der Waals surface area contributed by atoms with Gasteiger partial charge in [-0.15, -0.1) is 0 Å². The topological polar surface area (TPSA) is 82.5 Å². The summed E-state index contributed by atoms with van der Waals surface area (Å²) in [5.74, 6) is 1.36. The summed E-state index contributed by atoms with van der Waals surface area (Å²) in [5.41, 5.74) is 4.60. The standard InChI is InChI=1S/C24H29N3O5/c1-15-11-17(12-16(2)23(15)32-10-7-27-5-8-31-9-6-27)18-13-19-22(24(28)26-18)20(29-3)14-21(25-19)30-4/h11-12,14H,5-10,13H2,1-4H3. The molecule has 1 saturated heterocycles. The van der Waals surface area contributed by atoms with Crippen molar-refractivity contribution in [1.82, 2.24) is 9.88 Å². The highest BCUT2D eigenvalue weighted by Crippen LogP contribution is 2.32. The van der Waals surface area contributed by atoms with E-state index in [1.165, 1.54) is 7.11 Å². The lowest BCUT2D eigenvalue weighted by atomic mass is 9.95. The Bertz CT molecular complexity index is 1020. The van der Waals surface area contributed by atoms with Crippen LogP contribution < -0.4 is 14.2 Å². The number of nitrogens with zero attached hydrogens (tertiary/aromatic N) is 3. The summed E-state index contributed by atoms with van der Waals surface area (Å²) in [6, 6.07) is 5.64. The van der Waals surface area contributed by atoms with Crippen LogP contribution in [0.5, 0.6) is 17.4 Å². The molecule has 2 aliphatic rings. The summed E-state index contributed by atoms with van der Waals surface area (Å²) in [6.45, 7) is 8.98. The highest BCUT2D eigenvalue weighted by Gasteiger charge is 2.27. The number of hydrogen-bond acceptors (Lipinski definition) is 7. The van der Waals surface area contributed by atoms with Crippen molar-refractivity contribution in [2.24, 2.45) is 4.99 Å². The third kappa shape index (κ3) is 4.61. The summed E-state index contributed by atoms with van der Waals surface area (Å²) >= 11 is 0. The largest absolute Gasteiger partial charge is 0.496 e. The van der Waals surface area contributed by atoms with Gasteiger partial charge in [-0.1, -0.05) is 0 Å². The van der Waals surface area contributed by atoms with Crippen LogP contribution in [0.3, 0.4) is 0 Å². The number of fused-ring (bicyclic) bond motifs is 1. The molecule has 1 amide bonds. The van der Waals surface area contributed by atoms with Gasteiger partial charge in [0.1, 0.15) is 23.7 Å². The summed E-state index contributed by atoms with van der Waals surface area (Å²) in [4.78, 5) is 24.0. The van der Waals surface area contributed by atoms with Crippen LogP contribution in [0.2, 0.25) is 0 Å². The second-order valence-electron chi connectivity index (χ2n) is 7.97. The minimum atomic E-state index is -0.352. The molecule has 3 heterocycles. The fourth-order valence-corrected chi connectivity index (χ4v) is 4.16. The number of rotatable bonds is 7. The van der Waals surface area contributed by atoms with E-state index in [2.05, 4.69) is 14.9 Å². The molecule has 0 aliphatic carbocycles. The zero-order valence-corrected chi connectivity index (χ0v) is 19.1. The first-order valence-corrected chi connectivity index (χ1v) is 10.8. The Kier molecular flexibility index (Phi) is 6.72. The predicted octanol–water partition coefficient (Wildman–Crippen LogP) is 2.61. The summed E-state index contributed by atoms with van der Waals surface area (Å²) in [6.07, 6.45) is 0.421. The molecule has 8 heteroatoms. The van der Waals surface area contributed by atoms with Crippen molar-refractivity contribution in [1.29, 1.82) is 0 Å². The Morgan fingerprint density at radius 3 is 2.44 bits per heavy atom. The third-order valence-electron chi connectivity index (χ3n) is 5.80. The van der Waals surface area contributed by atoms with Crippen molar-refractivity contribution < 1.29 is 23.7 Å². The van der Waals surface area contributed by atoms with E-state index in [0.29, 0.717) is 41.6 Å². The molecule has 0 saturated carbocycles. The molecule has 0 unspecified atom stereocenters. The molecule has 170 valence electrons. The maximum absolute atomic E-state index is 12.8. The highest BCUT2D eigenvalue weighted by molar-refractivity contribution is 6.15. The number of aliphatic imine (C=N–C) groups is 1. The number of methoxy groups -OCH3 is 2. The quantitative estimate of drug-likeness (QED) is 0.656. The number of carbonyl (C=O) groups is 1. The molecule has 0 radical (unpaired) electrons. The second kappa shape index (κ2) is 9.67. The van der Waals surface area contributed by atoms with Crippen LogP contribution in [0.15, 0.2) is 23.2 Å². The lowest BCUT2D eigenvalue weighted by Gasteiger charge is -2.26. The first-order chi connectivity index (χ1) is 15.5. The average Bonchev–Trinajstić information content (AvgIpc) is 2.80. The lowest BCUT2D eigenvalue weighted by molar-refractivity contribution is 0.0322. The van der Waals surface area contributed by atoms with Gasteiger partial charge in [0.25, 0.3) is 5.91 Å². The second-order valence-corrected chi connectivity index (χ2v) is 7.97. The molecule has 0 bridgehead atoms. The number of carbonyl (C=O) groups excluding carboxylic acids is 1. The number of benzene rings is 1. The van der Waals surface area contributed by atoms with Crippen molar-refractivity contribution in [3.8, 4) is 17.4 Å².